The Labute approximate surface area is 250 Å². The standard InChI is InChI=1S/C33H39FN8O/c1-43-15-11-26-19-27(10-14-41(26)25-8-12-36-13-9-25)42-33-30(32(35)37-20-38-33)31(40-42)22-6-7-29-23(16-22)18-24(39-29)17-21-4-2-3-5-28(21)34/h2-7,16,18,20,25-27,36,39H,8-15,17,19H2,1H3,(H2,35,37,38)/t26-,27?/m0/s1. The van der Waals surface area contributed by atoms with Gasteiger partial charge in [0, 0.05) is 60.9 Å². The lowest BCUT2D eigenvalue weighted by Crippen LogP contribution is -2.52. The van der Waals surface area contributed by atoms with Crippen molar-refractivity contribution in [2.75, 3.05) is 39.1 Å². The van der Waals surface area contributed by atoms with Crippen molar-refractivity contribution in [2.24, 2.45) is 0 Å². The number of methoxy groups -OCH3 is 1. The summed E-state index contributed by atoms with van der Waals surface area (Å²) < 4.78 is 21.9. The molecule has 5 aromatic rings. The number of nitrogens with two attached hydrogens (primary N) is 1. The normalized spacial score (nSPS) is 20.3. The predicted octanol–water partition coefficient (Wildman–Crippen LogP) is 5.08. The zero-order valence-electron chi connectivity index (χ0n) is 24.6. The number of piperidine rings is 2. The fourth-order valence-electron chi connectivity index (χ4n) is 7.16. The number of H-pyrrole nitrogens is 1. The first-order valence-electron chi connectivity index (χ1n) is 15.4. The maximum Gasteiger partial charge on any atom is 0.164 e. The number of hydrogen-bond acceptors (Lipinski definition) is 7. The molecule has 1 unspecified atom stereocenters. The van der Waals surface area contributed by atoms with Gasteiger partial charge in [0.1, 0.15) is 23.7 Å². The molecule has 0 bridgehead atoms. The molecule has 7 rings (SSSR count). The van der Waals surface area contributed by atoms with Crippen LogP contribution in [-0.2, 0) is 11.2 Å². The van der Waals surface area contributed by atoms with E-state index in [2.05, 4.69) is 49.1 Å². The van der Waals surface area contributed by atoms with Gasteiger partial charge in [0.05, 0.1) is 11.4 Å². The van der Waals surface area contributed by atoms with Crippen molar-refractivity contribution in [3.8, 4) is 11.3 Å². The Morgan fingerprint density at radius 1 is 1.05 bits per heavy atom. The number of nitrogens with zero attached hydrogens (tertiary/aromatic N) is 5. The van der Waals surface area contributed by atoms with Crippen molar-refractivity contribution in [3.63, 3.8) is 0 Å². The lowest BCUT2D eigenvalue weighted by Gasteiger charge is -2.45. The molecule has 43 heavy (non-hydrogen) atoms. The number of aromatic amines is 1. The Kier molecular flexibility index (Phi) is 7.81. The molecule has 2 atom stereocenters. The second-order valence-electron chi connectivity index (χ2n) is 11.9. The molecule has 10 heteroatoms. The molecule has 3 aromatic heterocycles. The molecule has 2 aliphatic rings. The lowest BCUT2D eigenvalue weighted by atomic mass is 9.91. The zero-order chi connectivity index (χ0) is 29.3. The van der Waals surface area contributed by atoms with Gasteiger partial charge in [-0.3, -0.25) is 4.90 Å². The molecule has 0 radical (unpaired) electrons. The van der Waals surface area contributed by atoms with Gasteiger partial charge >= 0.3 is 0 Å². The van der Waals surface area contributed by atoms with Crippen molar-refractivity contribution in [1.29, 1.82) is 0 Å². The van der Waals surface area contributed by atoms with Crippen LogP contribution in [0.5, 0.6) is 0 Å². The molecule has 0 amide bonds. The first-order valence-corrected chi connectivity index (χ1v) is 15.4. The number of nitrogen functional groups attached to an aromatic ring is 1. The molecule has 0 saturated carbocycles. The maximum atomic E-state index is 14.3. The van der Waals surface area contributed by atoms with E-state index in [-0.39, 0.29) is 11.9 Å². The van der Waals surface area contributed by atoms with Crippen LogP contribution in [0.4, 0.5) is 10.2 Å². The number of likely N-dealkylation sites (tertiary alicyclic amines) is 1. The predicted molar refractivity (Wildman–Crippen MR) is 167 cm³/mol. The molecule has 0 aliphatic carbocycles. The molecule has 2 aromatic carbocycles. The third-order valence-corrected chi connectivity index (χ3v) is 9.32. The highest BCUT2D eigenvalue weighted by molar-refractivity contribution is 6.00. The molecular formula is C33H39FN8O. The number of fused-ring (bicyclic) bond motifs is 2. The van der Waals surface area contributed by atoms with Gasteiger partial charge in [0.2, 0.25) is 0 Å². The van der Waals surface area contributed by atoms with Crippen LogP contribution in [0.25, 0.3) is 33.2 Å². The lowest BCUT2D eigenvalue weighted by molar-refractivity contribution is 0.0351. The molecule has 9 nitrogen and oxygen atoms in total. The number of ether oxygens (including phenoxy) is 1. The third-order valence-electron chi connectivity index (χ3n) is 9.32. The topological polar surface area (TPSA) is 110 Å². The van der Waals surface area contributed by atoms with Crippen LogP contribution in [0.1, 0.15) is 49.4 Å². The summed E-state index contributed by atoms with van der Waals surface area (Å²) in [5, 5.41) is 10.5. The average molecular weight is 583 g/mol. The van der Waals surface area contributed by atoms with E-state index < -0.39 is 0 Å². The van der Waals surface area contributed by atoms with E-state index in [4.69, 9.17) is 20.6 Å². The number of halogens is 1. The largest absolute Gasteiger partial charge is 0.385 e. The van der Waals surface area contributed by atoms with Crippen molar-refractivity contribution < 1.29 is 9.13 Å². The fraction of sp³-hybridized carbons (Fsp3) is 0.424. The summed E-state index contributed by atoms with van der Waals surface area (Å²) >= 11 is 0. The van der Waals surface area contributed by atoms with Crippen LogP contribution in [0, 0.1) is 5.82 Å². The van der Waals surface area contributed by atoms with Crippen LogP contribution in [0.2, 0.25) is 0 Å². The van der Waals surface area contributed by atoms with E-state index in [1.807, 2.05) is 12.1 Å². The summed E-state index contributed by atoms with van der Waals surface area (Å²) in [5.74, 6) is 0.240. The second-order valence-corrected chi connectivity index (χ2v) is 11.9. The van der Waals surface area contributed by atoms with E-state index in [0.717, 1.165) is 84.4 Å². The SMILES string of the molecule is COCC[C@H]1CC(n2nc(-c3ccc4[nH]c(Cc5ccccc5F)cc4c3)c3c(N)ncnc32)CCN1C1CCNCC1. The molecule has 2 aliphatic heterocycles. The van der Waals surface area contributed by atoms with Gasteiger partial charge in [-0.05, 0) is 75.0 Å². The number of rotatable bonds is 8. The van der Waals surface area contributed by atoms with Crippen LogP contribution < -0.4 is 11.1 Å². The van der Waals surface area contributed by atoms with Gasteiger partial charge in [-0.25, -0.2) is 19.0 Å². The van der Waals surface area contributed by atoms with Crippen LogP contribution in [0.15, 0.2) is 54.9 Å². The van der Waals surface area contributed by atoms with E-state index in [1.165, 1.54) is 25.2 Å². The summed E-state index contributed by atoms with van der Waals surface area (Å²) in [4.78, 5) is 15.2. The van der Waals surface area contributed by atoms with Crippen molar-refractivity contribution in [1.82, 2.24) is 34.9 Å². The minimum atomic E-state index is -0.194. The fourth-order valence-corrected chi connectivity index (χ4v) is 7.16. The monoisotopic (exact) mass is 582 g/mol. The van der Waals surface area contributed by atoms with Crippen LogP contribution in [0.3, 0.4) is 0 Å². The van der Waals surface area contributed by atoms with Gasteiger partial charge in [0.15, 0.2) is 5.65 Å². The summed E-state index contributed by atoms with van der Waals surface area (Å²) in [6.07, 6.45) is 7.41. The Balaban J connectivity index is 1.21. The van der Waals surface area contributed by atoms with Gasteiger partial charge in [-0.2, -0.15) is 5.10 Å². The second kappa shape index (κ2) is 12.0. The summed E-state index contributed by atoms with van der Waals surface area (Å²) in [5.41, 5.74) is 11.6. The van der Waals surface area contributed by atoms with E-state index in [9.17, 15) is 4.39 Å². The number of aromatic nitrogens is 5. The highest BCUT2D eigenvalue weighted by Gasteiger charge is 2.35. The molecule has 2 saturated heterocycles. The summed E-state index contributed by atoms with van der Waals surface area (Å²) in [7, 11) is 1.78. The number of anilines is 1. The quantitative estimate of drug-likeness (QED) is 0.234. The Morgan fingerprint density at radius 2 is 1.91 bits per heavy atom. The van der Waals surface area contributed by atoms with Gasteiger partial charge in [-0.15, -0.1) is 0 Å². The molecule has 2 fully saturated rings. The van der Waals surface area contributed by atoms with E-state index >= 15 is 0 Å². The molecular weight excluding hydrogens is 543 g/mol. The van der Waals surface area contributed by atoms with E-state index in [1.54, 1.807) is 13.2 Å². The highest BCUT2D eigenvalue weighted by atomic mass is 19.1. The van der Waals surface area contributed by atoms with Gasteiger partial charge in [0.25, 0.3) is 0 Å². The van der Waals surface area contributed by atoms with Crippen molar-refractivity contribution >= 4 is 27.8 Å². The Morgan fingerprint density at radius 3 is 2.74 bits per heavy atom. The van der Waals surface area contributed by atoms with Crippen LogP contribution >= 0.6 is 0 Å². The van der Waals surface area contributed by atoms with Crippen molar-refractivity contribution in [3.05, 3.63) is 71.9 Å². The first kappa shape index (κ1) is 27.9. The van der Waals surface area contributed by atoms with Crippen molar-refractivity contribution in [2.45, 2.75) is 56.7 Å². The molecule has 4 N–H and O–H groups in total. The number of benzene rings is 2. The Hall–Kier alpha value is -3.86. The average Bonchev–Trinajstić information content (AvgIpc) is 3.63. The summed E-state index contributed by atoms with van der Waals surface area (Å²) in [6.45, 7) is 3.94. The van der Waals surface area contributed by atoms with E-state index in [0.29, 0.717) is 29.9 Å². The zero-order valence-corrected chi connectivity index (χ0v) is 24.6. The van der Waals surface area contributed by atoms with Crippen LogP contribution in [-0.4, -0.2) is 75.1 Å². The third kappa shape index (κ3) is 5.50. The maximum absolute atomic E-state index is 14.3. The smallest absolute Gasteiger partial charge is 0.164 e. The minimum absolute atomic E-state index is 0.194. The Bertz CT molecular complexity index is 1730. The van der Waals surface area contributed by atoms with Gasteiger partial charge in [-0.1, -0.05) is 24.3 Å². The minimum Gasteiger partial charge on any atom is -0.385 e. The number of nitrogens with one attached hydrogen (secondary N) is 2. The molecule has 224 valence electrons. The first-order chi connectivity index (χ1) is 21.1. The number of hydrogen-bond donors (Lipinski definition) is 3. The van der Waals surface area contributed by atoms with Gasteiger partial charge < -0.3 is 20.8 Å². The molecule has 0 spiro atoms. The summed E-state index contributed by atoms with van der Waals surface area (Å²) in [6, 6.07) is 16.5. The highest BCUT2D eigenvalue weighted by Crippen LogP contribution is 2.38. The molecule has 5 heterocycles.